The summed E-state index contributed by atoms with van der Waals surface area (Å²) in [4.78, 5) is 7.80. The highest BCUT2D eigenvalue weighted by atomic mass is 32.1. The summed E-state index contributed by atoms with van der Waals surface area (Å²) in [6.07, 6.45) is 1.94. The molecule has 0 aliphatic rings. The van der Waals surface area contributed by atoms with E-state index in [-0.39, 0.29) is 0 Å². The zero-order chi connectivity index (χ0) is 12.3. The van der Waals surface area contributed by atoms with Gasteiger partial charge in [0.2, 0.25) is 0 Å². The molecule has 0 unspecified atom stereocenters. The van der Waals surface area contributed by atoms with Crippen LogP contribution < -0.4 is 10.2 Å². The van der Waals surface area contributed by atoms with Gasteiger partial charge in [-0.25, -0.2) is 4.98 Å². The van der Waals surface area contributed by atoms with E-state index in [9.17, 15) is 0 Å². The van der Waals surface area contributed by atoms with Crippen molar-refractivity contribution in [2.75, 3.05) is 26.0 Å². The molecule has 2 rings (SSSR count). The molecule has 17 heavy (non-hydrogen) atoms. The number of nitrogens with zero attached hydrogens (tertiary/aromatic N) is 2. The van der Waals surface area contributed by atoms with Gasteiger partial charge in [0.05, 0.1) is 0 Å². The Labute approximate surface area is 106 Å². The van der Waals surface area contributed by atoms with E-state index in [1.807, 2.05) is 27.3 Å². The topological polar surface area (TPSA) is 28.2 Å². The van der Waals surface area contributed by atoms with Crippen molar-refractivity contribution < 1.29 is 0 Å². The first-order chi connectivity index (χ1) is 8.20. The highest BCUT2D eigenvalue weighted by Gasteiger charge is 2.04. The predicted octanol–water partition coefficient (Wildman–Crippen LogP) is 2.60. The van der Waals surface area contributed by atoms with E-state index < -0.39 is 0 Å². The van der Waals surface area contributed by atoms with Crippen LogP contribution >= 0.6 is 11.3 Å². The lowest BCUT2D eigenvalue weighted by Crippen LogP contribution is -2.07. The smallest absolute Gasteiger partial charge is 0.123 e. The van der Waals surface area contributed by atoms with Crippen LogP contribution in [0.5, 0.6) is 0 Å². The fourth-order valence-corrected chi connectivity index (χ4v) is 2.53. The summed E-state index contributed by atoms with van der Waals surface area (Å²) in [5.41, 5.74) is 2.39. The summed E-state index contributed by atoms with van der Waals surface area (Å²) in [6.45, 7) is 0.882. The lowest BCUT2D eigenvalue weighted by atomic mass is 10.2. The molecule has 1 aromatic carbocycles. The number of rotatable bonds is 4. The minimum Gasteiger partial charge on any atom is -0.378 e. The Hall–Kier alpha value is -1.39. The highest BCUT2D eigenvalue weighted by molar-refractivity contribution is 7.15. The summed E-state index contributed by atoms with van der Waals surface area (Å²) in [6, 6.07) is 8.48. The summed E-state index contributed by atoms with van der Waals surface area (Å²) < 4.78 is 0. The molecular weight excluding hydrogens is 230 g/mol. The minimum atomic E-state index is 0.882. The van der Waals surface area contributed by atoms with Crippen molar-refractivity contribution in [2.45, 2.75) is 6.54 Å². The molecule has 0 aliphatic heterocycles. The molecule has 0 atom stereocenters. The Balaban J connectivity index is 2.21. The van der Waals surface area contributed by atoms with Crippen molar-refractivity contribution in [3.63, 3.8) is 0 Å². The first kappa shape index (κ1) is 12.1. The third-order valence-corrected chi connectivity index (χ3v) is 3.58. The van der Waals surface area contributed by atoms with Crippen LogP contribution in [0.25, 0.3) is 10.6 Å². The maximum absolute atomic E-state index is 4.44. The van der Waals surface area contributed by atoms with Gasteiger partial charge in [-0.3, -0.25) is 0 Å². The summed E-state index contributed by atoms with van der Waals surface area (Å²) in [5.74, 6) is 0. The second-order valence-corrected chi connectivity index (χ2v) is 5.22. The number of hydrogen-bond acceptors (Lipinski definition) is 4. The average molecular weight is 247 g/mol. The SMILES string of the molecule is CNCc1cnc(-c2ccc(N(C)C)cc2)s1. The molecular formula is C13H17N3S. The Morgan fingerprint density at radius 1 is 1.24 bits per heavy atom. The van der Waals surface area contributed by atoms with Gasteiger partial charge in [0.15, 0.2) is 0 Å². The molecule has 4 heteroatoms. The van der Waals surface area contributed by atoms with Crippen LogP contribution in [-0.2, 0) is 6.54 Å². The molecule has 1 aromatic heterocycles. The standard InChI is InChI=1S/C13H17N3S/c1-14-8-12-9-15-13(17-12)10-4-6-11(7-5-10)16(2)3/h4-7,9,14H,8H2,1-3H3. The molecule has 0 aliphatic carbocycles. The maximum atomic E-state index is 4.44. The van der Waals surface area contributed by atoms with Crippen molar-refractivity contribution in [3.05, 3.63) is 35.3 Å². The van der Waals surface area contributed by atoms with Crippen LogP contribution in [0.3, 0.4) is 0 Å². The van der Waals surface area contributed by atoms with Crippen LogP contribution in [0.15, 0.2) is 30.5 Å². The largest absolute Gasteiger partial charge is 0.378 e. The van der Waals surface area contributed by atoms with E-state index in [0.717, 1.165) is 11.6 Å². The molecule has 1 N–H and O–H groups in total. The van der Waals surface area contributed by atoms with Gasteiger partial charge in [0, 0.05) is 43.0 Å². The van der Waals surface area contributed by atoms with Crippen molar-refractivity contribution >= 4 is 17.0 Å². The molecule has 1 heterocycles. The van der Waals surface area contributed by atoms with Gasteiger partial charge in [-0.2, -0.15) is 0 Å². The second kappa shape index (κ2) is 5.29. The maximum Gasteiger partial charge on any atom is 0.123 e. The molecule has 2 aromatic rings. The van der Waals surface area contributed by atoms with E-state index in [1.165, 1.54) is 16.1 Å². The van der Waals surface area contributed by atoms with Crippen molar-refractivity contribution in [1.82, 2.24) is 10.3 Å². The zero-order valence-corrected chi connectivity index (χ0v) is 11.2. The molecule has 0 saturated carbocycles. The Morgan fingerprint density at radius 2 is 1.94 bits per heavy atom. The fourth-order valence-electron chi connectivity index (χ4n) is 1.60. The normalized spacial score (nSPS) is 10.5. The average Bonchev–Trinajstić information content (AvgIpc) is 2.78. The van der Waals surface area contributed by atoms with Gasteiger partial charge in [0.25, 0.3) is 0 Å². The van der Waals surface area contributed by atoms with Gasteiger partial charge in [-0.05, 0) is 31.3 Å². The van der Waals surface area contributed by atoms with Crippen LogP contribution in [0.1, 0.15) is 4.88 Å². The third-order valence-electron chi connectivity index (χ3n) is 2.54. The van der Waals surface area contributed by atoms with E-state index in [4.69, 9.17) is 0 Å². The molecule has 0 radical (unpaired) electrons. The van der Waals surface area contributed by atoms with Crippen LogP contribution in [0.4, 0.5) is 5.69 Å². The van der Waals surface area contributed by atoms with Crippen LogP contribution in [0.2, 0.25) is 0 Å². The van der Waals surface area contributed by atoms with Crippen molar-refractivity contribution in [1.29, 1.82) is 0 Å². The van der Waals surface area contributed by atoms with E-state index >= 15 is 0 Å². The molecule has 3 nitrogen and oxygen atoms in total. The number of nitrogens with one attached hydrogen (secondary N) is 1. The molecule has 90 valence electrons. The first-order valence-electron chi connectivity index (χ1n) is 5.58. The summed E-state index contributed by atoms with van der Waals surface area (Å²) in [5, 5.41) is 4.22. The zero-order valence-electron chi connectivity index (χ0n) is 10.4. The van der Waals surface area contributed by atoms with Gasteiger partial charge in [0.1, 0.15) is 5.01 Å². The summed E-state index contributed by atoms with van der Waals surface area (Å²) in [7, 11) is 6.04. The van der Waals surface area contributed by atoms with Crippen molar-refractivity contribution in [2.24, 2.45) is 0 Å². The van der Waals surface area contributed by atoms with Gasteiger partial charge in [-0.15, -0.1) is 11.3 Å². The monoisotopic (exact) mass is 247 g/mol. The van der Waals surface area contributed by atoms with Crippen molar-refractivity contribution in [3.8, 4) is 10.6 Å². The van der Waals surface area contributed by atoms with E-state index in [2.05, 4.69) is 39.5 Å². The molecule has 0 fully saturated rings. The first-order valence-corrected chi connectivity index (χ1v) is 6.39. The highest BCUT2D eigenvalue weighted by Crippen LogP contribution is 2.26. The Kier molecular flexibility index (Phi) is 3.76. The fraction of sp³-hybridized carbons (Fsp3) is 0.308. The Bertz CT molecular complexity index is 474. The Morgan fingerprint density at radius 3 is 2.53 bits per heavy atom. The van der Waals surface area contributed by atoms with Gasteiger partial charge in [-0.1, -0.05) is 0 Å². The van der Waals surface area contributed by atoms with E-state index in [1.54, 1.807) is 11.3 Å². The number of hydrogen-bond donors (Lipinski definition) is 1. The minimum absolute atomic E-state index is 0.882. The van der Waals surface area contributed by atoms with Gasteiger partial charge >= 0.3 is 0 Å². The van der Waals surface area contributed by atoms with Crippen LogP contribution in [-0.4, -0.2) is 26.1 Å². The molecule has 0 spiro atoms. The molecule has 0 amide bonds. The predicted molar refractivity (Wildman–Crippen MR) is 74.6 cm³/mol. The van der Waals surface area contributed by atoms with Gasteiger partial charge < -0.3 is 10.2 Å². The number of thiazole rings is 1. The number of benzene rings is 1. The number of aromatic nitrogens is 1. The lowest BCUT2D eigenvalue weighted by Gasteiger charge is -2.11. The lowest BCUT2D eigenvalue weighted by molar-refractivity contribution is 0.829. The molecule has 0 bridgehead atoms. The quantitative estimate of drug-likeness (QED) is 0.900. The van der Waals surface area contributed by atoms with Crippen LogP contribution in [0, 0.1) is 0 Å². The molecule has 0 saturated heterocycles. The third kappa shape index (κ3) is 2.84. The second-order valence-electron chi connectivity index (χ2n) is 4.10. The van der Waals surface area contributed by atoms with E-state index in [0.29, 0.717) is 0 Å². The number of anilines is 1. The summed E-state index contributed by atoms with van der Waals surface area (Å²) >= 11 is 1.74.